The number of hydrogen-bond donors (Lipinski definition) is 1. The van der Waals surface area contributed by atoms with Crippen LogP contribution >= 0.6 is 0 Å². The van der Waals surface area contributed by atoms with Gasteiger partial charge in [0.15, 0.2) is 0 Å². The molecular weight excluding hydrogens is 178 g/mol. The molecule has 0 saturated heterocycles. The number of furan rings is 1. The molecule has 0 fully saturated rings. The minimum atomic E-state index is -0.481. The van der Waals surface area contributed by atoms with Crippen LogP contribution in [0, 0.1) is 0 Å². The molecule has 3 nitrogen and oxygen atoms in total. The molecule has 0 aliphatic carbocycles. The largest absolute Gasteiger partial charge is 0.464 e. The van der Waals surface area contributed by atoms with Crippen molar-refractivity contribution in [1.82, 2.24) is 0 Å². The van der Waals surface area contributed by atoms with Crippen molar-refractivity contribution < 1.29 is 9.21 Å². The number of primary amides is 1. The normalized spacial score (nSPS) is 8.86. The molecule has 0 aliphatic heterocycles. The third kappa shape index (κ3) is 2.79. The van der Waals surface area contributed by atoms with Crippen molar-refractivity contribution in [2.45, 2.75) is 0 Å². The smallest absolute Gasteiger partial charge is 0.240 e. The average Bonchev–Trinajstić information content (AvgIpc) is 2.66. The molecule has 1 amide bonds. The summed E-state index contributed by atoms with van der Waals surface area (Å²) in [4.78, 5) is 9.47. The first-order valence-electron chi connectivity index (χ1n) is 4.08. The fourth-order valence-electron chi connectivity index (χ4n) is 0.906. The van der Waals surface area contributed by atoms with Gasteiger partial charge in [-0.2, -0.15) is 0 Å². The van der Waals surface area contributed by atoms with Gasteiger partial charge >= 0.3 is 0 Å². The van der Waals surface area contributed by atoms with Crippen molar-refractivity contribution in [2.24, 2.45) is 5.73 Å². The molecule has 3 heteroatoms. The van der Waals surface area contributed by atoms with E-state index in [9.17, 15) is 4.79 Å². The monoisotopic (exact) mass is 189 g/mol. The van der Waals surface area contributed by atoms with Gasteiger partial charge in [0.05, 0.1) is 6.26 Å². The van der Waals surface area contributed by atoms with Gasteiger partial charge < -0.3 is 10.2 Å². The van der Waals surface area contributed by atoms with E-state index in [2.05, 4.69) is 12.3 Å². The molecule has 0 atom stereocenters. The zero-order valence-corrected chi connectivity index (χ0v) is 7.64. The summed E-state index contributed by atoms with van der Waals surface area (Å²) in [5, 5.41) is 1.16. The quantitative estimate of drug-likeness (QED) is 0.698. The van der Waals surface area contributed by atoms with Crippen molar-refractivity contribution in [1.29, 1.82) is 0 Å². The standard InChI is InChI=1S/C8H6O.C3H5NO/c1-2-4-8-7(3-1)5-6-9-8;1-2-3(4)5/h1-6H;2H,1H2,(H2,4,5). The summed E-state index contributed by atoms with van der Waals surface area (Å²) in [7, 11) is 0. The molecule has 0 aliphatic rings. The Morgan fingerprint density at radius 2 is 2.00 bits per heavy atom. The molecule has 14 heavy (non-hydrogen) atoms. The van der Waals surface area contributed by atoms with Crippen LogP contribution in [-0.2, 0) is 4.79 Å². The van der Waals surface area contributed by atoms with E-state index in [-0.39, 0.29) is 0 Å². The Balaban J connectivity index is 0.000000171. The first kappa shape index (κ1) is 10.1. The number of benzene rings is 1. The van der Waals surface area contributed by atoms with Crippen molar-refractivity contribution >= 4 is 16.9 Å². The second-order valence-corrected chi connectivity index (χ2v) is 2.56. The summed E-state index contributed by atoms with van der Waals surface area (Å²) >= 11 is 0. The zero-order valence-electron chi connectivity index (χ0n) is 7.64. The second kappa shape index (κ2) is 4.87. The van der Waals surface area contributed by atoms with Gasteiger partial charge in [0.25, 0.3) is 0 Å². The maximum atomic E-state index is 9.47. The van der Waals surface area contributed by atoms with Crippen LogP contribution in [-0.4, -0.2) is 5.91 Å². The van der Waals surface area contributed by atoms with E-state index in [0.717, 1.165) is 17.0 Å². The summed E-state index contributed by atoms with van der Waals surface area (Å²) in [6.45, 7) is 3.09. The number of carbonyl (C=O) groups is 1. The van der Waals surface area contributed by atoms with Gasteiger partial charge in [-0.05, 0) is 18.2 Å². The molecule has 1 aromatic heterocycles. The van der Waals surface area contributed by atoms with Crippen molar-refractivity contribution in [3.8, 4) is 0 Å². The number of para-hydroxylation sites is 1. The van der Waals surface area contributed by atoms with Gasteiger partial charge in [-0.25, -0.2) is 0 Å². The molecule has 2 aromatic rings. The molecule has 2 rings (SSSR count). The van der Waals surface area contributed by atoms with Crippen LogP contribution in [0.3, 0.4) is 0 Å². The molecule has 0 spiro atoms. The summed E-state index contributed by atoms with van der Waals surface area (Å²) in [6.07, 6.45) is 2.75. The molecule has 2 N–H and O–H groups in total. The van der Waals surface area contributed by atoms with Crippen LogP contribution in [0.5, 0.6) is 0 Å². The number of carbonyl (C=O) groups excluding carboxylic acids is 1. The fraction of sp³-hybridized carbons (Fsp3) is 0. The van der Waals surface area contributed by atoms with Crippen molar-refractivity contribution in [3.63, 3.8) is 0 Å². The lowest BCUT2D eigenvalue weighted by atomic mass is 10.3. The lowest BCUT2D eigenvalue weighted by Gasteiger charge is -1.81. The molecular formula is C11H11NO2. The first-order valence-corrected chi connectivity index (χ1v) is 4.08. The summed E-state index contributed by atoms with van der Waals surface area (Å²) < 4.78 is 5.12. The van der Waals surface area contributed by atoms with Crippen LogP contribution in [0.4, 0.5) is 0 Å². The Labute approximate surface area is 81.8 Å². The summed E-state index contributed by atoms with van der Waals surface area (Å²) in [5.74, 6) is -0.481. The topological polar surface area (TPSA) is 56.2 Å². The minimum absolute atomic E-state index is 0.481. The summed E-state index contributed by atoms with van der Waals surface area (Å²) in [5.41, 5.74) is 5.49. The fourth-order valence-corrected chi connectivity index (χ4v) is 0.906. The molecule has 0 bridgehead atoms. The highest BCUT2D eigenvalue weighted by Crippen LogP contribution is 2.12. The van der Waals surface area contributed by atoms with E-state index in [1.54, 1.807) is 6.26 Å². The Bertz CT molecular complexity index is 401. The molecule has 1 aromatic carbocycles. The van der Waals surface area contributed by atoms with Crippen LogP contribution in [0.2, 0.25) is 0 Å². The molecule has 0 unspecified atom stereocenters. The third-order valence-electron chi connectivity index (χ3n) is 1.56. The van der Waals surface area contributed by atoms with Gasteiger partial charge in [-0.1, -0.05) is 24.8 Å². The van der Waals surface area contributed by atoms with Crippen LogP contribution in [0.1, 0.15) is 0 Å². The van der Waals surface area contributed by atoms with E-state index >= 15 is 0 Å². The molecule has 72 valence electrons. The number of rotatable bonds is 1. The predicted octanol–water partition coefficient (Wildman–Crippen LogP) is 2.09. The van der Waals surface area contributed by atoms with E-state index < -0.39 is 5.91 Å². The van der Waals surface area contributed by atoms with Crippen LogP contribution < -0.4 is 5.73 Å². The van der Waals surface area contributed by atoms with Crippen molar-refractivity contribution in [3.05, 3.63) is 49.2 Å². The highest BCUT2D eigenvalue weighted by molar-refractivity contribution is 5.85. The van der Waals surface area contributed by atoms with Gasteiger partial charge in [0.2, 0.25) is 5.91 Å². The maximum Gasteiger partial charge on any atom is 0.240 e. The lowest BCUT2D eigenvalue weighted by molar-refractivity contribution is -0.113. The van der Waals surface area contributed by atoms with E-state index in [4.69, 9.17) is 4.42 Å². The zero-order chi connectivity index (χ0) is 10.4. The van der Waals surface area contributed by atoms with Crippen molar-refractivity contribution in [2.75, 3.05) is 0 Å². The average molecular weight is 189 g/mol. The maximum absolute atomic E-state index is 9.47. The van der Waals surface area contributed by atoms with Gasteiger partial charge in [-0.15, -0.1) is 0 Å². The first-order chi connectivity index (χ1) is 6.74. The number of fused-ring (bicyclic) bond motifs is 1. The van der Waals surface area contributed by atoms with Crippen LogP contribution in [0.25, 0.3) is 11.0 Å². The Hall–Kier alpha value is -2.03. The SMILES string of the molecule is C=CC(N)=O.c1ccc2occc2c1. The van der Waals surface area contributed by atoms with E-state index in [1.165, 1.54) is 0 Å². The molecule has 1 heterocycles. The Morgan fingerprint density at radius 3 is 2.57 bits per heavy atom. The van der Waals surface area contributed by atoms with Crippen LogP contribution in [0.15, 0.2) is 53.7 Å². The Kier molecular flexibility index (Phi) is 3.49. The number of amides is 1. The lowest BCUT2D eigenvalue weighted by Crippen LogP contribution is -2.04. The highest BCUT2D eigenvalue weighted by atomic mass is 16.3. The van der Waals surface area contributed by atoms with Gasteiger partial charge in [0.1, 0.15) is 5.58 Å². The minimum Gasteiger partial charge on any atom is -0.464 e. The van der Waals surface area contributed by atoms with Gasteiger partial charge in [-0.3, -0.25) is 4.79 Å². The van der Waals surface area contributed by atoms with Gasteiger partial charge in [0, 0.05) is 5.39 Å². The number of hydrogen-bond acceptors (Lipinski definition) is 2. The predicted molar refractivity (Wildman–Crippen MR) is 55.6 cm³/mol. The highest BCUT2D eigenvalue weighted by Gasteiger charge is 1.89. The molecule has 0 radical (unpaired) electrons. The number of nitrogens with two attached hydrogens (primary N) is 1. The van der Waals surface area contributed by atoms with E-state index in [1.807, 2.05) is 30.3 Å². The summed E-state index contributed by atoms with van der Waals surface area (Å²) in [6, 6.07) is 9.90. The molecule has 0 saturated carbocycles. The Morgan fingerprint density at radius 1 is 1.36 bits per heavy atom. The van der Waals surface area contributed by atoms with E-state index in [0.29, 0.717) is 0 Å². The third-order valence-corrected chi connectivity index (χ3v) is 1.56. The second-order valence-electron chi connectivity index (χ2n) is 2.56.